The lowest BCUT2D eigenvalue weighted by atomic mass is 10.1. The second-order valence-electron chi connectivity index (χ2n) is 15.9. The van der Waals surface area contributed by atoms with Gasteiger partial charge in [0.05, 0.1) is 0 Å². The second-order valence-corrected chi connectivity index (χ2v) is 15.9. The highest BCUT2D eigenvalue weighted by molar-refractivity contribution is 5.71. The maximum absolute atomic E-state index is 12.8. The largest absolute Gasteiger partial charge is 0.462 e. The molecule has 6 heteroatoms. The van der Waals surface area contributed by atoms with Gasteiger partial charge in [0, 0.05) is 19.3 Å². The van der Waals surface area contributed by atoms with Gasteiger partial charge in [-0.25, -0.2) is 0 Å². The van der Waals surface area contributed by atoms with Gasteiger partial charge in [0.15, 0.2) is 6.10 Å². The number of rotatable bonds is 43. The van der Waals surface area contributed by atoms with Crippen molar-refractivity contribution in [3.8, 4) is 0 Å². The summed E-state index contributed by atoms with van der Waals surface area (Å²) in [5.74, 6) is -0.993. The van der Waals surface area contributed by atoms with Gasteiger partial charge in [0.2, 0.25) is 0 Å². The Bertz CT molecular complexity index is 1370. The molecular weight excluding hydrogens is 781 g/mol. The molecule has 0 rings (SSSR count). The number of esters is 3. The smallest absolute Gasteiger partial charge is 0.306 e. The maximum atomic E-state index is 12.8. The molecule has 0 N–H and O–H groups in total. The van der Waals surface area contributed by atoms with Crippen LogP contribution >= 0.6 is 0 Å². The Labute approximate surface area is 386 Å². The molecule has 0 amide bonds. The molecule has 0 fully saturated rings. The normalized spacial score (nSPS) is 13.1. The highest BCUT2D eigenvalue weighted by Crippen LogP contribution is 2.12. The summed E-state index contributed by atoms with van der Waals surface area (Å²) in [5.41, 5.74) is 0. The molecule has 0 aromatic carbocycles. The standard InChI is InChI=1S/C57H90O6/c1-4-7-10-13-16-19-22-25-26-27-28-29-30-33-35-38-41-44-47-50-56(59)62-53-54(63-57(60)51-48-45-42-39-36-32-24-21-18-15-12-9-6-3)52-61-55(58)49-46-43-40-37-34-31-23-20-17-14-11-8-5-2/h7-12,16-21,25-26,28-29,31-32,34,36,54H,4-6,13-15,22-24,27,30,33,35,37-53H2,1-3H3/b10-7-,11-8-,12-9-,19-16-,20-17-,21-18-,26-25-,29-28-,34-31-,36-32-. The minimum Gasteiger partial charge on any atom is -0.462 e. The second kappa shape index (κ2) is 50.5. The zero-order valence-electron chi connectivity index (χ0n) is 40.3. The Balaban J connectivity index is 4.48. The van der Waals surface area contributed by atoms with Gasteiger partial charge < -0.3 is 14.2 Å². The SMILES string of the molecule is CC/C=C\C/C=C\C/C=C\C/C=C\CCCCCCCCC(=O)OCC(COC(=O)CCCCC/C=C\C/C=C\C/C=C\CC)OC(=O)CCCCC/C=C\C/C=C\C/C=C\CC. The van der Waals surface area contributed by atoms with E-state index in [0.29, 0.717) is 12.8 Å². The average Bonchev–Trinajstić information content (AvgIpc) is 3.28. The van der Waals surface area contributed by atoms with Crippen LogP contribution in [0.5, 0.6) is 0 Å². The van der Waals surface area contributed by atoms with E-state index in [0.717, 1.165) is 148 Å². The third-order valence-electron chi connectivity index (χ3n) is 9.94. The third-order valence-corrected chi connectivity index (χ3v) is 9.94. The first-order valence-corrected chi connectivity index (χ1v) is 25.0. The van der Waals surface area contributed by atoms with Crippen molar-refractivity contribution in [1.29, 1.82) is 0 Å². The van der Waals surface area contributed by atoms with Gasteiger partial charge in [-0.3, -0.25) is 14.4 Å². The van der Waals surface area contributed by atoms with Crippen LogP contribution in [0.1, 0.15) is 201 Å². The molecule has 0 spiro atoms. The van der Waals surface area contributed by atoms with Gasteiger partial charge in [0.1, 0.15) is 13.2 Å². The predicted molar refractivity (Wildman–Crippen MR) is 269 cm³/mol. The molecule has 63 heavy (non-hydrogen) atoms. The molecule has 0 aliphatic carbocycles. The number of allylic oxidation sites excluding steroid dienone is 20. The lowest BCUT2D eigenvalue weighted by Gasteiger charge is -2.18. The molecule has 0 saturated carbocycles. The van der Waals surface area contributed by atoms with Crippen LogP contribution in [0.3, 0.4) is 0 Å². The van der Waals surface area contributed by atoms with E-state index in [1.165, 1.54) is 12.8 Å². The summed E-state index contributed by atoms with van der Waals surface area (Å²) in [7, 11) is 0. The fourth-order valence-corrected chi connectivity index (χ4v) is 6.28. The van der Waals surface area contributed by atoms with Crippen LogP contribution in [-0.4, -0.2) is 37.2 Å². The van der Waals surface area contributed by atoms with E-state index in [9.17, 15) is 14.4 Å². The molecule has 1 atom stereocenters. The quantitative estimate of drug-likeness (QED) is 0.0263. The number of carbonyl (C=O) groups is 3. The van der Waals surface area contributed by atoms with Crippen LogP contribution in [0.25, 0.3) is 0 Å². The highest BCUT2D eigenvalue weighted by Gasteiger charge is 2.19. The van der Waals surface area contributed by atoms with E-state index in [4.69, 9.17) is 14.2 Å². The molecule has 0 aromatic heterocycles. The number of ether oxygens (including phenoxy) is 3. The molecule has 354 valence electrons. The fourth-order valence-electron chi connectivity index (χ4n) is 6.28. The van der Waals surface area contributed by atoms with Crippen LogP contribution in [0.4, 0.5) is 0 Å². The molecule has 0 saturated heterocycles. The van der Waals surface area contributed by atoms with Gasteiger partial charge in [-0.05, 0) is 122 Å². The zero-order chi connectivity index (χ0) is 45.8. The third kappa shape index (κ3) is 48.7. The van der Waals surface area contributed by atoms with Crippen molar-refractivity contribution < 1.29 is 28.6 Å². The van der Waals surface area contributed by atoms with Gasteiger partial charge in [0.25, 0.3) is 0 Å². The van der Waals surface area contributed by atoms with Crippen LogP contribution in [0.15, 0.2) is 122 Å². The number of hydrogen-bond acceptors (Lipinski definition) is 6. The summed E-state index contributed by atoms with van der Waals surface area (Å²) >= 11 is 0. The summed E-state index contributed by atoms with van der Waals surface area (Å²) in [6.07, 6.45) is 69.0. The molecule has 0 aromatic rings. The van der Waals surface area contributed by atoms with E-state index in [-0.39, 0.29) is 37.5 Å². The molecule has 0 aliphatic heterocycles. The summed E-state index contributed by atoms with van der Waals surface area (Å²) in [5, 5.41) is 0. The zero-order valence-corrected chi connectivity index (χ0v) is 40.3. The Hall–Kier alpha value is -4.19. The van der Waals surface area contributed by atoms with Crippen molar-refractivity contribution in [1.82, 2.24) is 0 Å². The van der Waals surface area contributed by atoms with E-state index >= 15 is 0 Å². The molecule has 6 nitrogen and oxygen atoms in total. The van der Waals surface area contributed by atoms with Gasteiger partial charge in [-0.15, -0.1) is 0 Å². The maximum Gasteiger partial charge on any atom is 0.306 e. The van der Waals surface area contributed by atoms with E-state index in [1.54, 1.807) is 0 Å². The number of hydrogen-bond donors (Lipinski definition) is 0. The molecule has 0 radical (unpaired) electrons. The number of unbranched alkanes of at least 4 members (excludes halogenated alkanes) is 12. The summed E-state index contributed by atoms with van der Waals surface area (Å²) in [6, 6.07) is 0. The molecule has 1 unspecified atom stereocenters. The molecule has 0 bridgehead atoms. The Morgan fingerprint density at radius 1 is 0.317 bits per heavy atom. The predicted octanol–water partition coefficient (Wildman–Crippen LogP) is 16.5. The first-order valence-electron chi connectivity index (χ1n) is 25.0. The van der Waals surface area contributed by atoms with Crippen molar-refractivity contribution in [2.45, 2.75) is 207 Å². The van der Waals surface area contributed by atoms with Crippen molar-refractivity contribution in [2.24, 2.45) is 0 Å². The van der Waals surface area contributed by atoms with Crippen molar-refractivity contribution in [3.63, 3.8) is 0 Å². The van der Waals surface area contributed by atoms with Crippen molar-refractivity contribution in [3.05, 3.63) is 122 Å². The first kappa shape index (κ1) is 58.8. The Morgan fingerprint density at radius 2 is 0.571 bits per heavy atom. The Kier molecular flexibility index (Phi) is 47.1. The van der Waals surface area contributed by atoms with Gasteiger partial charge in [-0.1, -0.05) is 181 Å². The Morgan fingerprint density at radius 3 is 0.905 bits per heavy atom. The van der Waals surface area contributed by atoms with E-state index in [1.807, 2.05) is 0 Å². The van der Waals surface area contributed by atoms with Crippen LogP contribution < -0.4 is 0 Å². The topological polar surface area (TPSA) is 78.9 Å². The summed E-state index contributed by atoms with van der Waals surface area (Å²) < 4.78 is 16.7. The van der Waals surface area contributed by atoms with E-state index < -0.39 is 6.10 Å². The average molecular weight is 871 g/mol. The van der Waals surface area contributed by atoms with Crippen LogP contribution in [0.2, 0.25) is 0 Å². The van der Waals surface area contributed by atoms with Gasteiger partial charge >= 0.3 is 17.9 Å². The fraction of sp³-hybridized carbons (Fsp3) is 0.596. The van der Waals surface area contributed by atoms with E-state index in [2.05, 4.69) is 142 Å². The highest BCUT2D eigenvalue weighted by atomic mass is 16.6. The van der Waals surface area contributed by atoms with Gasteiger partial charge in [-0.2, -0.15) is 0 Å². The lowest BCUT2D eigenvalue weighted by molar-refractivity contribution is -0.167. The lowest BCUT2D eigenvalue weighted by Crippen LogP contribution is -2.30. The number of carbonyl (C=O) groups excluding carboxylic acids is 3. The minimum absolute atomic E-state index is 0.111. The monoisotopic (exact) mass is 871 g/mol. The van der Waals surface area contributed by atoms with Crippen molar-refractivity contribution in [2.75, 3.05) is 13.2 Å². The van der Waals surface area contributed by atoms with Crippen LogP contribution in [-0.2, 0) is 28.6 Å². The minimum atomic E-state index is -0.814. The molecule has 0 aliphatic rings. The summed E-state index contributed by atoms with van der Waals surface area (Å²) in [4.78, 5) is 37.9. The first-order chi connectivity index (χ1) is 31.0. The van der Waals surface area contributed by atoms with Crippen LogP contribution in [0, 0.1) is 0 Å². The summed E-state index contributed by atoms with van der Waals surface area (Å²) in [6.45, 7) is 6.21. The van der Waals surface area contributed by atoms with Crippen molar-refractivity contribution >= 4 is 17.9 Å². The molecular formula is C57H90O6. The molecule has 0 heterocycles.